The second kappa shape index (κ2) is 12.6. The number of benzene rings is 1. The lowest BCUT2D eigenvalue weighted by molar-refractivity contribution is -0.890. The molecule has 0 aliphatic carbocycles. The molecule has 0 saturated heterocycles. The van der Waals surface area contributed by atoms with Crippen molar-refractivity contribution in [2.45, 2.75) is 26.6 Å². The van der Waals surface area contributed by atoms with Gasteiger partial charge in [0, 0.05) is 12.2 Å². The summed E-state index contributed by atoms with van der Waals surface area (Å²) in [6.07, 6.45) is 1.76. The van der Waals surface area contributed by atoms with Gasteiger partial charge in [0.05, 0.1) is 26.8 Å². The quantitative estimate of drug-likeness (QED) is 0.214. The monoisotopic (exact) mass is 444 g/mol. The molecular weight excluding hydrogens is 413 g/mol. The van der Waals surface area contributed by atoms with Gasteiger partial charge in [-0.1, -0.05) is 30.3 Å². The molecule has 1 aromatic rings. The zero-order valence-electron chi connectivity index (χ0n) is 17.9. The minimum absolute atomic E-state index is 0.00946. The summed E-state index contributed by atoms with van der Waals surface area (Å²) in [6.45, 7) is 4.33. The highest BCUT2D eigenvalue weighted by Gasteiger charge is 2.24. The first kappa shape index (κ1) is 26.0. The largest absolute Gasteiger partial charge is 0.472 e. The highest BCUT2D eigenvalue weighted by molar-refractivity contribution is 7.47. The highest BCUT2D eigenvalue weighted by atomic mass is 31.2. The number of hydrogen-bond acceptors (Lipinski definition) is 7. The van der Waals surface area contributed by atoms with Crippen LogP contribution in [-0.4, -0.2) is 67.8 Å². The predicted molar refractivity (Wildman–Crippen MR) is 110 cm³/mol. The fourth-order valence-electron chi connectivity index (χ4n) is 2.13. The number of likely N-dealkylation sites (N-methyl/N-ethyl adjacent to an activating group) is 1. The van der Waals surface area contributed by atoms with Crippen molar-refractivity contribution in [2.75, 3.05) is 40.4 Å². The average molecular weight is 444 g/mol. The Hall–Kier alpha value is -2.03. The maximum Gasteiger partial charge on any atom is 0.472 e. The van der Waals surface area contributed by atoms with Gasteiger partial charge in [0.1, 0.15) is 26.3 Å². The van der Waals surface area contributed by atoms with Crippen molar-refractivity contribution in [1.29, 1.82) is 0 Å². The molecule has 168 valence electrons. The van der Waals surface area contributed by atoms with Crippen LogP contribution in [-0.2, 0) is 39.3 Å². The zero-order chi connectivity index (χ0) is 22.6. The van der Waals surface area contributed by atoms with Gasteiger partial charge in [-0.05, 0) is 19.4 Å². The molecule has 0 aliphatic rings. The molecule has 0 aromatic heterocycles. The van der Waals surface area contributed by atoms with Crippen molar-refractivity contribution in [3.8, 4) is 0 Å². The van der Waals surface area contributed by atoms with Crippen LogP contribution < -0.4 is 0 Å². The third-order valence-electron chi connectivity index (χ3n) is 3.84. The van der Waals surface area contributed by atoms with Gasteiger partial charge in [0.2, 0.25) is 0 Å². The van der Waals surface area contributed by atoms with E-state index in [0.29, 0.717) is 17.6 Å². The van der Waals surface area contributed by atoms with E-state index >= 15 is 0 Å². The molecule has 1 N–H and O–H groups in total. The zero-order valence-corrected chi connectivity index (χ0v) is 18.7. The SMILES string of the molecule is CC(C)OC(=O)/C=C/C(=O)OCC[N+](C)(C)CCOP(=O)(O)OCc1ccccc1. The van der Waals surface area contributed by atoms with E-state index < -0.39 is 19.8 Å². The second-order valence-electron chi connectivity index (χ2n) is 7.43. The van der Waals surface area contributed by atoms with Gasteiger partial charge in [-0.15, -0.1) is 0 Å². The summed E-state index contributed by atoms with van der Waals surface area (Å²) in [7, 11) is -0.440. The number of carbonyl (C=O) groups is 2. The number of phosphoric ester groups is 1. The van der Waals surface area contributed by atoms with Crippen LogP contribution in [0.25, 0.3) is 0 Å². The lowest BCUT2D eigenvalue weighted by Gasteiger charge is -2.29. The van der Waals surface area contributed by atoms with E-state index in [2.05, 4.69) is 0 Å². The summed E-state index contributed by atoms with van der Waals surface area (Å²) in [4.78, 5) is 32.7. The van der Waals surface area contributed by atoms with Gasteiger partial charge < -0.3 is 18.9 Å². The van der Waals surface area contributed by atoms with Crippen LogP contribution in [0.5, 0.6) is 0 Å². The molecule has 0 amide bonds. The van der Waals surface area contributed by atoms with E-state index in [1.807, 2.05) is 32.3 Å². The molecule has 0 bridgehead atoms. The second-order valence-corrected chi connectivity index (χ2v) is 8.88. The summed E-state index contributed by atoms with van der Waals surface area (Å²) < 4.78 is 32.3. The van der Waals surface area contributed by atoms with Gasteiger partial charge in [0.25, 0.3) is 0 Å². The van der Waals surface area contributed by atoms with E-state index in [1.54, 1.807) is 26.0 Å². The number of hydrogen-bond donors (Lipinski definition) is 1. The Balaban J connectivity index is 2.27. The maximum absolute atomic E-state index is 12.0. The number of nitrogens with zero attached hydrogens (tertiary/aromatic N) is 1. The summed E-state index contributed by atoms with van der Waals surface area (Å²) in [5.74, 6) is -1.26. The lowest BCUT2D eigenvalue weighted by atomic mass is 10.2. The molecule has 0 saturated carbocycles. The third-order valence-corrected chi connectivity index (χ3v) is 4.80. The van der Waals surface area contributed by atoms with Crippen LogP contribution in [0.3, 0.4) is 0 Å². The molecule has 0 fully saturated rings. The number of ether oxygens (including phenoxy) is 2. The fourth-order valence-corrected chi connectivity index (χ4v) is 2.83. The van der Waals surface area contributed by atoms with E-state index in [0.717, 1.165) is 17.7 Å². The molecule has 1 unspecified atom stereocenters. The van der Waals surface area contributed by atoms with Gasteiger partial charge in [-0.2, -0.15) is 0 Å². The van der Waals surface area contributed by atoms with Crippen molar-refractivity contribution in [1.82, 2.24) is 0 Å². The van der Waals surface area contributed by atoms with Crippen molar-refractivity contribution < 1.29 is 42.1 Å². The van der Waals surface area contributed by atoms with Crippen LogP contribution in [0, 0.1) is 0 Å². The predicted octanol–water partition coefficient (Wildman–Crippen LogP) is 2.45. The van der Waals surface area contributed by atoms with Crippen LogP contribution in [0.15, 0.2) is 42.5 Å². The first-order chi connectivity index (χ1) is 14.0. The van der Waals surface area contributed by atoms with Crippen LogP contribution in [0.4, 0.5) is 0 Å². The summed E-state index contributed by atoms with van der Waals surface area (Å²) >= 11 is 0. The highest BCUT2D eigenvalue weighted by Crippen LogP contribution is 2.43. The Morgan fingerprint density at radius 3 is 2.27 bits per heavy atom. The number of phosphoric acid groups is 1. The van der Waals surface area contributed by atoms with Crippen molar-refractivity contribution in [3.63, 3.8) is 0 Å². The number of esters is 2. The van der Waals surface area contributed by atoms with E-state index in [-0.39, 0.29) is 25.9 Å². The topological polar surface area (TPSA) is 108 Å². The van der Waals surface area contributed by atoms with Gasteiger partial charge in [-0.25, -0.2) is 14.2 Å². The fraction of sp³-hybridized carbons (Fsp3) is 0.500. The van der Waals surface area contributed by atoms with Crippen LogP contribution >= 0.6 is 7.82 Å². The maximum atomic E-state index is 12.0. The Kier molecular flexibility index (Phi) is 10.9. The summed E-state index contributed by atoms with van der Waals surface area (Å²) in [5, 5.41) is 0. The first-order valence-corrected chi connectivity index (χ1v) is 11.0. The minimum atomic E-state index is -4.16. The standard InChI is InChI=1S/C20H30NO8P/c1-17(2)29-20(23)11-10-19(22)26-14-12-21(3,4)13-15-27-30(24,25)28-16-18-8-6-5-7-9-18/h5-11,17H,12-16H2,1-4H3/p+1/b11-10+. The lowest BCUT2D eigenvalue weighted by Crippen LogP contribution is -2.44. The van der Waals surface area contributed by atoms with Gasteiger partial charge >= 0.3 is 19.8 Å². The molecule has 0 spiro atoms. The van der Waals surface area contributed by atoms with Crippen molar-refractivity contribution in [2.24, 2.45) is 0 Å². The van der Waals surface area contributed by atoms with E-state index in [1.165, 1.54) is 0 Å². The Morgan fingerprint density at radius 1 is 1.03 bits per heavy atom. The molecule has 1 atom stereocenters. The molecule has 30 heavy (non-hydrogen) atoms. The molecule has 0 radical (unpaired) electrons. The van der Waals surface area contributed by atoms with Crippen LogP contribution in [0.2, 0.25) is 0 Å². The first-order valence-electron chi connectivity index (χ1n) is 9.52. The summed E-state index contributed by atoms with van der Waals surface area (Å²) in [6, 6.07) is 9.02. The molecule has 1 rings (SSSR count). The van der Waals surface area contributed by atoms with E-state index in [9.17, 15) is 19.0 Å². The van der Waals surface area contributed by atoms with Gasteiger partial charge in [0.15, 0.2) is 0 Å². The number of carbonyl (C=O) groups excluding carboxylic acids is 2. The minimum Gasteiger partial charge on any atom is -0.460 e. The molecule has 9 nitrogen and oxygen atoms in total. The van der Waals surface area contributed by atoms with Crippen molar-refractivity contribution >= 4 is 19.8 Å². The molecule has 1 aromatic carbocycles. The Bertz CT molecular complexity index is 748. The van der Waals surface area contributed by atoms with E-state index in [4.69, 9.17) is 18.5 Å². The molecule has 10 heteroatoms. The third kappa shape index (κ3) is 12.5. The molecular formula is C20H31NO8P+. The van der Waals surface area contributed by atoms with Gasteiger partial charge in [-0.3, -0.25) is 9.05 Å². The Labute approximate surface area is 177 Å². The smallest absolute Gasteiger partial charge is 0.460 e. The van der Waals surface area contributed by atoms with Crippen molar-refractivity contribution in [3.05, 3.63) is 48.0 Å². The molecule has 0 aliphatic heterocycles. The Morgan fingerprint density at radius 2 is 1.63 bits per heavy atom. The summed E-state index contributed by atoms with van der Waals surface area (Å²) in [5.41, 5.74) is 0.764. The van der Waals surface area contributed by atoms with Crippen LogP contribution in [0.1, 0.15) is 19.4 Å². The molecule has 0 heterocycles. The normalized spacial score (nSPS) is 13.9. The number of rotatable bonds is 13. The number of quaternary nitrogens is 1. The average Bonchev–Trinajstić information content (AvgIpc) is 2.65.